The number of amides is 1. The van der Waals surface area contributed by atoms with Gasteiger partial charge in [0, 0.05) is 42.4 Å². The minimum atomic E-state index is 0.193. The lowest BCUT2D eigenvalue weighted by atomic mass is 10.0. The smallest absolute Gasteiger partial charge is 0.221 e. The van der Waals surface area contributed by atoms with E-state index in [9.17, 15) is 4.79 Å². The number of carbonyl (C=O) groups is 1. The number of halogens is 1. The van der Waals surface area contributed by atoms with Crippen LogP contribution >= 0.6 is 23.4 Å². The second-order valence-corrected chi connectivity index (χ2v) is 7.71. The van der Waals surface area contributed by atoms with Crippen molar-refractivity contribution < 1.29 is 4.79 Å². The molecule has 1 saturated heterocycles. The molecular weight excluding hydrogens is 316 g/mol. The first kappa shape index (κ1) is 17.6. The molecule has 2 rings (SSSR count). The van der Waals surface area contributed by atoms with Gasteiger partial charge in [-0.15, -0.1) is 0 Å². The molecule has 0 saturated carbocycles. The summed E-state index contributed by atoms with van der Waals surface area (Å²) in [4.78, 5) is 14.4. The maximum atomic E-state index is 11.9. The van der Waals surface area contributed by atoms with Crippen molar-refractivity contribution in [3.63, 3.8) is 0 Å². The summed E-state index contributed by atoms with van der Waals surface area (Å²) in [6, 6.07) is 8.39. The van der Waals surface area contributed by atoms with Crippen LogP contribution in [-0.4, -0.2) is 41.4 Å². The molecule has 0 radical (unpaired) electrons. The summed E-state index contributed by atoms with van der Waals surface area (Å²) in [6.07, 6.45) is 4.74. The molecule has 1 aliphatic rings. The van der Waals surface area contributed by atoms with Gasteiger partial charge in [-0.05, 0) is 36.8 Å². The zero-order chi connectivity index (χ0) is 15.9. The summed E-state index contributed by atoms with van der Waals surface area (Å²) in [5, 5.41) is 4.36. The zero-order valence-electron chi connectivity index (χ0n) is 13.3. The first-order valence-corrected chi connectivity index (χ1v) is 9.52. The Hall–Kier alpha value is -0.710. The van der Waals surface area contributed by atoms with Crippen LogP contribution in [0.5, 0.6) is 0 Å². The molecule has 1 atom stereocenters. The number of rotatable bonds is 6. The van der Waals surface area contributed by atoms with Crippen LogP contribution in [0.1, 0.15) is 31.7 Å². The second kappa shape index (κ2) is 8.80. The number of hydrogen-bond acceptors (Lipinski definition) is 3. The van der Waals surface area contributed by atoms with Gasteiger partial charge in [0.25, 0.3) is 0 Å². The molecule has 1 fully saturated rings. The van der Waals surface area contributed by atoms with E-state index >= 15 is 0 Å². The van der Waals surface area contributed by atoms with Crippen molar-refractivity contribution in [2.75, 3.05) is 19.3 Å². The van der Waals surface area contributed by atoms with E-state index in [2.05, 4.69) is 29.3 Å². The Labute approximate surface area is 142 Å². The molecule has 122 valence electrons. The minimum absolute atomic E-state index is 0.193. The van der Waals surface area contributed by atoms with Gasteiger partial charge in [-0.25, -0.2) is 0 Å². The van der Waals surface area contributed by atoms with E-state index < -0.39 is 0 Å². The number of hydrogen-bond donors (Lipinski definition) is 1. The predicted octanol–water partition coefficient (Wildman–Crippen LogP) is 3.56. The van der Waals surface area contributed by atoms with E-state index in [1.807, 2.05) is 18.4 Å². The lowest BCUT2D eigenvalue weighted by molar-refractivity contribution is -0.122. The van der Waals surface area contributed by atoms with Crippen molar-refractivity contribution >= 4 is 29.3 Å². The van der Waals surface area contributed by atoms with Crippen molar-refractivity contribution in [2.24, 2.45) is 0 Å². The lowest BCUT2D eigenvalue weighted by Crippen LogP contribution is -2.44. The van der Waals surface area contributed by atoms with Gasteiger partial charge in [-0.2, -0.15) is 11.8 Å². The Morgan fingerprint density at radius 3 is 2.59 bits per heavy atom. The Kier molecular flexibility index (Phi) is 7.06. The zero-order valence-corrected chi connectivity index (χ0v) is 14.9. The fourth-order valence-corrected chi connectivity index (χ4v) is 3.16. The first-order valence-electron chi connectivity index (χ1n) is 7.85. The van der Waals surface area contributed by atoms with Crippen molar-refractivity contribution in [2.45, 2.75) is 44.0 Å². The SMILES string of the molecule is CS[C@H](C)CC(=O)NC1CCN(Cc2ccc(Cl)cc2)CC1. The van der Waals surface area contributed by atoms with Gasteiger partial charge >= 0.3 is 0 Å². The van der Waals surface area contributed by atoms with Crippen LogP contribution in [0, 0.1) is 0 Å². The molecule has 3 nitrogen and oxygen atoms in total. The van der Waals surface area contributed by atoms with Gasteiger partial charge < -0.3 is 5.32 Å². The molecule has 0 aromatic heterocycles. The van der Waals surface area contributed by atoms with Crippen LogP contribution in [0.3, 0.4) is 0 Å². The largest absolute Gasteiger partial charge is 0.353 e. The normalized spacial score (nSPS) is 18.1. The van der Waals surface area contributed by atoms with Crippen molar-refractivity contribution in [1.82, 2.24) is 10.2 Å². The standard InChI is InChI=1S/C17H25ClN2OS/c1-13(22-2)11-17(21)19-16-7-9-20(10-8-16)12-14-3-5-15(18)6-4-14/h3-6,13,16H,7-12H2,1-2H3,(H,19,21)/t13-/m1/s1. The molecule has 0 bridgehead atoms. The molecule has 0 spiro atoms. The molecule has 1 aliphatic heterocycles. The van der Waals surface area contributed by atoms with Gasteiger partial charge in [0.2, 0.25) is 5.91 Å². The summed E-state index contributed by atoms with van der Waals surface area (Å²) in [7, 11) is 0. The molecule has 0 unspecified atom stereocenters. The fraction of sp³-hybridized carbons (Fsp3) is 0.588. The summed E-state index contributed by atoms with van der Waals surface area (Å²) >= 11 is 7.65. The highest BCUT2D eigenvalue weighted by molar-refractivity contribution is 7.99. The summed E-state index contributed by atoms with van der Waals surface area (Å²) in [6.45, 7) is 5.12. The fourth-order valence-electron chi connectivity index (χ4n) is 2.71. The molecule has 1 aromatic carbocycles. The van der Waals surface area contributed by atoms with E-state index in [0.29, 0.717) is 17.7 Å². The molecule has 22 heavy (non-hydrogen) atoms. The van der Waals surface area contributed by atoms with Gasteiger partial charge in [-0.3, -0.25) is 9.69 Å². The number of piperidine rings is 1. The summed E-state index contributed by atoms with van der Waals surface area (Å²) in [5.74, 6) is 0.193. The molecule has 1 aromatic rings. The number of benzene rings is 1. The lowest BCUT2D eigenvalue weighted by Gasteiger charge is -2.32. The number of thioether (sulfide) groups is 1. The Morgan fingerprint density at radius 1 is 1.36 bits per heavy atom. The van der Waals surface area contributed by atoms with Gasteiger partial charge in [-0.1, -0.05) is 30.7 Å². The average molecular weight is 341 g/mol. The highest BCUT2D eigenvalue weighted by atomic mass is 35.5. The number of likely N-dealkylation sites (tertiary alicyclic amines) is 1. The van der Waals surface area contributed by atoms with E-state index in [1.54, 1.807) is 11.8 Å². The van der Waals surface area contributed by atoms with Crippen LogP contribution in [0.15, 0.2) is 24.3 Å². The van der Waals surface area contributed by atoms with Crippen LogP contribution in [-0.2, 0) is 11.3 Å². The van der Waals surface area contributed by atoms with Crippen molar-refractivity contribution in [3.05, 3.63) is 34.9 Å². The molecular formula is C17H25ClN2OS. The highest BCUT2D eigenvalue weighted by Crippen LogP contribution is 2.16. The number of carbonyl (C=O) groups excluding carboxylic acids is 1. The molecule has 1 N–H and O–H groups in total. The Morgan fingerprint density at radius 2 is 2.00 bits per heavy atom. The third-order valence-corrected chi connectivity index (χ3v) is 5.37. The first-order chi connectivity index (χ1) is 10.6. The van der Waals surface area contributed by atoms with Gasteiger partial charge in [0.05, 0.1) is 0 Å². The van der Waals surface area contributed by atoms with Crippen LogP contribution in [0.2, 0.25) is 5.02 Å². The van der Waals surface area contributed by atoms with Crippen molar-refractivity contribution in [3.8, 4) is 0 Å². The number of nitrogens with zero attached hydrogens (tertiary/aromatic N) is 1. The van der Waals surface area contributed by atoms with E-state index in [0.717, 1.165) is 37.5 Å². The van der Waals surface area contributed by atoms with Crippen LogP contribution in [0.25, 0.3) is 0 Å². The minimum Gasteiger partial charge on any atom is -0.353 e. The average Bonchev–Trinajstić information content (AvgIpc) is 2.51. The van der Waals surface area contributed by atoms with Gasteiger partial charge in [0.15, 0.2) is 0 Å². The van der Waals surface area contributed by atoms with Crippen molar-refractivity contribution in [1.29, 1.82) is 0 Å². The summed E-state index contributed by atoms with van der Waals surface area (Å²) in [5.41, 5.74) is 1.29. The van der Waals surface area contributed by atoms with Gasteiger partial charge in [0.1, 0.15) is 0 Å². The maximum Gasteiger partial charge on any atom is 0.221 e. The Balaban J connectivity index is 1.71. The van der Waals surface area contributed by atoms with E-state index in [-0.39, 0.29) is 5.91 Å². The molecule has 5 heteroatoms. The van der Waals surface area contributed by atoms with E-state index in [4.69, 9.17) is 11.6 Å². The second-order valence-electron chi connectivity index (χ2n) is 5.99. The highest BCUT2D eigenvalue weighted by Gasteiger charge is 2.21. The third-order valence-electron chi connectivity index (χ3n) is 4.15. The van der Waals surface area contributed by atoms with E-state index in [1.165, 1.54) is 5.56 Å². The molecule has 1 heterocycles. The molecule has 1 amide bonds. The summed E-state index contributed by atoms with van der Waals surface area (Å²) < 4.78 is 0. The third kappa shape index (κ3) is 5.82. The molecule has 0 aliphatic carbocycles. The predicted molar refractivity (Wildman–Crippen MR) is 95.5 cm³/mol. The van der Waals surface area contributed by atoms with Crippen LogP contribution < -0.4 is 5.32 Å². The Bertz CT molecular complexity index is 472. The number of nitrogens with one attached hydrogen (secondary N) is 1. The maximum absolute atomic E-state index is 11.9. The monoisotopic (exact) mass is 340 g/mol. The quantitative estimate of drug-likeness (QED) is 0.859. The topological polar surface area (TPSA) is 32.3 Å². The van der Waals surface area contributed by atoms with Crippen LogP contribution in [0.4, 0.5) is 0 Å².